The zero-order valence-electron chi connectivity index (χ0n) is 12.3. The summed E-state index contributed by atoms with van der Waals surface area (Å²) in [5, 5.41) is 2.24. The molecule has 1 N–H and O–H groups in total. The number of rotatable bonds is 2. The SMILES string of the molecule is Cc1ccccc1C(=O)c1cccc2c1[nH]c1ccccc12. The second-order valence-electron chi connectivity index (χ2n) is 5.54. The van der Waals surface area contributed by atoms with E-state index in [4.69, 9.17) is 0 Å². The second kappa shape index (κ2) is 4.85. The molecule has 2 nitrogen and oxygen atoms in total. The van der Waals surface area contributed by atoms with Crippen LogP contribution in [0.15, 0.2) is 66.7 Å². The number of fused-ring (bicyclic) bond motifs is 3. The number of hydrogen-bond acceptors (Lipinski definition) is 1. The van der Waals surface area contributed by atoms with Crippen molar-refractivity contribution in [2.24, 2.45) is 0 Å². The van der Waals surface area contributed by atoms with Crippen molar-refractivity contribution in [1.82, 2.24) is 4.98 Å². The van der Waals surface area contributed by atoms with Gasteiger partial charge in [-0.1, -0.05) is 54.6 Å². The maximum atomic E-state index is 12.9. The summed E-state index contributed by atoms with van der Waals surface area (Å²) in [4.78, 5) is 16.3. The quantitative estimate of drug-likeness (QED) is 0.524. The lowest BCUT2D eigenvalue weighted by Gasteiger charge is -2.06. The highest BCUT2D eigenvalue weighted by Gasteiger charge is 2.16. The molecular weight excluding hydrogens is 270 g/mol. The van der Waals surface area contributed by atoms with Crippen LogP contribution in [0.4, 0.5) is 0 Å². The van der Waals surface area contributed by atoms with Gasteiger partial charge in [-0.05, 0) is 24.6 Å². The minimum atomic E-state index is 0.0651. The molecule has 0 bridgehead atoms. The minimum absolute atomic E-state index is 0.0651. The number of carbonyl (C=O) groups excluding carboxylic acids is 1. The van der Waals surface area contributed by atoms with Gasteiger partial charge in [-0.15, -0.1) is 0 Å². The van der Waals surface area contributed by atoms with E-state index < -0.39 is 0 Å². The van der Waals surface area contributed by atoms with Gasteiger partial charge in [0.1, 0.15) is 0 Å². The van der Waals surface area contributed by atoms with Crippen LogP contribution in [0.2, 0.25) is 0 Å². The molecule has 0 atom stereocenters. The van der Waals surface area contributed by atoms with Crippen molar-refractivity contribution in [2.75, 3.05) is 0 Å². The Kier molecular flexibility index (Phi) is 2.83. The molecule has 0 saturated carbocycles. The fourth-order valence-electron chi connectivity index (χ4n) is 3.04. The lowest BCUT2D eigenvalue weighted by molar-refractivity contribution is 0.103. The van der Waals surface area contributed by atoms with E-state index >= 15 is 0 Å². The summed E-state index contributed by atoms with van der Waals surface area (Å²) in [6.07, 6.45) is 0. The number of ketones is 1. The van der Waals surface area contributed by atoms with Crippen molar-refractivity contribution >= 4 is 27.6 Å². The lowest BCUT2D eigenvalue weighted by atomic mass is 9.97. The maximum absolute atomic E-state index is 12.9. The number of benzene rings is 3. The summed E-state index contributed by atoms with van der Waals surface area (Å²) in [7, 11) is 0. The molecule has 0 amide bonds. The van der Waals surface area contributed by atoms with Gasteiger partial charge in [-0.2, -0.15) is 0 Å². The number of aromatic nitrogens is 1. The van der Waals surface area contributed by atoms with Gasteiger partial charge in [0.2, 0.25) is 0 Å². The van der Waals surface area contributed by atoms with E-state index in [2.05, 4.69) is 17.1 Å². The summed E-state index contributed by atoms with van der Waals surface area (Å²) >= 11 is 0. The Morgan fingerprint density at radius 1 is 0.773 bits per heavy atom. The largest absolute Gasteiger partial charge is 0.354 e. The number of aromatic amines is 1. The van der Waals surface area contributed by atoms with Crippen LogP contribution in [-0.4, -0.2) is 10.8 Å². The minimum Gasteiger partial charge on any atom is -0.354 e. The summed E-state index contributed by atoms with van der Waals surface area (Å²) in [6, 6.07) is 21.8. The second-order valence-corrected chi connectivity index (χ2v) is 5.54. The van der Waals surface area contributed by atoms with E-state index in [1.807, 2.05) is 61.5 Å². The molecule has 2 heteroatoms. The molecule has 3 aromatic carbocycles. The van der Waals surface area contributed by atoms with Crippen LogP contribution < -0.4 is 0 Å². The molecule has 0 fully saturated rings. The Balaban J connectivity index is 1.99. The number of H-pyrrole nitrogens is 1. The molecule has 0 aliphatic heterocycles. The van der Waals surface area contributed by atoms with Crippen LogP contribution in [0.5, 0.6) is 0 Å². The molecule has 106 valence electrons. The standard InChI is InChI=1S/C20H15NO/c1-13-7-2-3-8-14(13)20(22)17-11-6-10-16-15-9-4-5-12-18(15)21-19(16)17/h2-12,21H,1H3. The summed E-state index contributed by atoms with van der Waals surface area (Å²) < 4.78 is 0. The Labute approximate surface area is 128 Å². The fraction of sp³-hybridized carbons (Fsp3) is 0.0500. The van der Waals surface area contributed by atoms with Gasteiger partial charge in [0.15, 0.2) is 5.78 Å². The molecule has 22 heavy (non-hydrogen) atoms. The highest BCUT2D eigenvalue weighted by molar-refractivity contribution is 6.20. The van der Waals surface area contributed by atoms with E-state index in [0.29, 0.717) is 0 Å². The summed E-state index contributed by atoms with van der Waals surface area (Å²) in [6.45, 7) is 1.97. The van der Waals surface area contributed by atoms with Crippen molar-refractivity contribution in [3.63, 3.8) is 0 Å². The molecule has 1 aromatic heterocycles. The molecule has 0 saturated heterocycles. The Hall–Kier alpha value is -2.87. The van der Waals surface area contributed by atoms with Gasteiger partial charge in [-0.25, -0.2) is 0 Å². The Morgan fingerprint density at radius 2 is 1.45 bits per heavy atom. The molecule has 0 radical (unpaired) electrons. The van der Waals surface area contributed by atoms with Crippen LogP contribution in [-0.2, 0) is 0 Å². The van der Waals surface area contributed by atoms with Crippen LogP contribution in [0.25, 0.3) is 21.8 Å². The van der Waals surface area contributed by atoms with Crippen molar-refractivity contribution in [1.29, 1.82) is 0 Å². The van der Waals surface area contributed by atoms with Crippen LogP contribution in [0.3, 0.4) is 0 Å². The first-order valence-electron chi connectivity index (χ1n) is 7.35. The molecular formula is C20H15NO. The van der Waals surface area contributed by atoms with E-state index in [1.54, 1.807) is 0 Å². The van der Waals surface area contributed by atoms with Crippen molar-refractivity contribution in [3.05, 3.63) is 83.4 Å². The lowest BCUT2D eigenvalue weighted by Crippen LogP contribution is -2.04. The van der Waals surface area contributed by atoms with Crippen molar-refractivity contribution in [2.45, 2.75) is 6.92 Å². The monoisotopic (exact) mass is 285 g/mol. The van der Waals surface area contributed by atoms with E-state index in [9.17, 15) is 4.79 Å². The summed E-state index contributed by atoms with van der Waals surface area (Å²) in [5.41, 5.74) is 4.46. The van der Waals surface area contributed by atoms with Gasteiger partial charge in [-0.3, -0.25) is 4.79 Å². The third-order valence-corrected chi connectivity index (χ3v) is 4.18. The van der Waals surface area contributed by atoms with E-state index in [-0.39, 0.29) is 5.78 Å². The van der Waals surface area contributed by atoms with E-state index in [0.717, 1.165) is 38.5 Å². The first-order valence-corrected chi connectivity index (χ1v) is 7.35. The third kappa shape index (κ3) is 1.85. The van der Waals surface area contributed by atoms with E-state index in [1.165, 1.54) is 0 Å². The van der Waals surface area contributed by atoms with Gasteiger partial charge < -0.3 is 4.98 Å². The van der Waals surface area contributed by atoms with Crippen LogP contribution in [0.1, 0.15) is 21.5 Å². The molecule has 0 spiro atoms. The van der Waals surface area contributed by atoms with Gasteiger partial charge in [0.05, 0.1) is 5.52 Å². The topological polar surface area (TPSA) is 32.9 Å². The third-order valence-electron chi connectivity index (χ3n) is 4.18. The van der Waals surface area contributed by atoms with Crippen molar-refractivity contribution < 1.29 is 4.79 Å². The summed E-state index contributed by atoms with van der Waals surface area (Å²) in [5.74, 6) is 0.0651. The number of para-hydroxylation sites is 2. The number of aryl methyl sites for hydroxylation is 1. The van der Waals surface area contributed by atoms with Crippen LogP contribution >= 0.6 is 0 Å². The first kappa shape index (κ1) is 12.8. The highest BCUT2D eigenvalue weighted by atomic mass is 16.1. The smallest absolute Gasteiger partial charge is 0.195 e. The molecule has 0 unspecified atom stereocenters. The average molecular weight is 285 g/mol. The zero-order chi connectivity index (χ0) is 15.1. The average Bonchev–Trinajstić information content (AvgIpc) is 2.93. The molecule has 0 aliphatic rings. The molecule has 1 heterocycles. The first-order chi connectivity index (χ1) is 10.8. The zero-order valence-corrected chi connectivity index (χ0v) is 12.3. The highest BCUT2D eigenvalue weighted by Crippen LogP contribution is 2.29. The predicted octanol–water partition coefficient (Wildman–Crippen LogP) is 4.86. The molecule has 4 aromatic rings. The normalized spacial score (nSPS) is 11.1. The van der Waals surface area contributed by atoms with Gasteiger partial charge >= 0.3 is 0 Å². The number of nitrogens with one attached hydrogen (secondary N) is 1. The molecule has 4 rings (SSSR count). The maximum Gasteiger partial charge on any atom is 0.195 e. The number of carbonyl (C=O) groups is 1. The van der Waals surface area contributed by atoms with Gasteiger partial charge in [0.25, 0.3) is 0 Å². The predicted molar refractivity (Wildman–Crippen MR) is 90.4 cm³/mol. The Bertz CT molecular complexity index is 1010. The molecule has 0 aliphatic carbocycles. The Morgan fingerprint density at radius 3 is 2.32 bits per heavy atom. The number of hydrogen-bond donors (Lipinski definition) is 1. The fourth-order valence-corrected chi connectivity index (χ4v) is 3.04. The van der Waals surface area contributed by atoms with Crippen molar-refractivity contribution in [3.8, 4) is 0 Å². The van der Waals surface area contributed by atoms with Crippen LogP contribution in [0, 0.1) is 6.92 Å². The van der Waals surface area contributed by atoms with Gasteiger partial charge in [0, 0.05) is 27.4 Å².